The van der Waals surface area contributed by atoms with Crippen LogP contribution in [0.25, 0.3) is 6.08 Å². The Balaban J connectivity index is 1.21. The van der Waals surface area contributed by atoms with E-state index in [1.54, 1.807) is 24.5 Å². The molecule has 3 atom stereocenters. The van der Waals surface area contributed by atoms with Crippen molar-refractivity contribution in [2.75, 3.05) is 24.5 Å². The molecule has 2 aromatic rings. The highest BCUT2D eigenvalue weighted by molar-refractivity contribution is 5.91. The molecule has 2 aliphatic rings. The zero-order valence-corrected chi connectivity index (χ0v) is 16.1. The number of rotatable bonds is 6. The van der Waals surface area contributed by atoms with Crippen LogP contribution in [-0.4, -0.2) is 30.5 Å². The SMILES string of the molecule is Cc1cccc(C)c1N1C[C@@H]2[C@@H](CCNC(=O)/C=C/c3cccnc3)[C@@H]2C1. The van der Waals surface area contributed by atoms with Crippen LogP contribution in [0, 0.1) is 31.6 Å². The van der Waals surface area contributed by atoms with E-state index in [2.05, 4.69) is 47.2 Å². The Kier molecular flexibility index (Phi) is 4.97. The number of piperidine rings is 1. The number of carbonyl (C=O) groups excluding carboxylic acids is 1. The van der Waals surface area contributed by atoms with Crippen molar-refractivity contribution >= 4 is 17.7 Å². The second-order valence-corrected chi connectivity index (χ2v) is 7.84. The highest BCUT2D eigenvalue weighted by atomic mass is 16.1. The zero-order valence-electron chi connectivity index (χ0n) is 16.1. The fraction of sp³-hybridized carbons (Fsp3) is 0.391. The Morgan fingerprint density at radius 2 is 1.93 bits per heavy atom. The summed E-state index contributed by atoms with van der Waals surface area (Å²) < 4.78 is 0. The van der Waals surface area contributed by atoms with Gasteiger partial charge in [0.15, 0.2) is 0 Å². The van der Waals surface area contributed by atoms with Crippen molar-refractivity contribution in [1.82, 2.24) is 10.3 Å². The Hall–Kier alpha value is -2.62. The molecular weight excluding hydrogens is 334 g/mol. The van der Waals surface area contributed by atoms with E-state index in [9.17, 15) is 4.79 Å². The summed E-state index contributed by atoms with van der Waals surface area (Å²) in [6.07, 6.45) is 7.95. The molecule has 2 fully saturated rings. The standard InChI is InChI=1S/C23H27N3O/c1-16-5-3-6-17(2)23(16)26-14-20-19(21(20)15-26)10-12-25-22(27)9-8-18-7-4-11-24-13-18/h3-9,11,13,19-21H,10,12,14-15H2,1-2H3,(H,25,27)/b9-8+/t19-,20-,21+. The number of aryl methyl sites for hydroxylation is 2. The monoisotopic (exact) mass is 361 g/mol. The molecule has 1 aromatic carbocycles. The van der Waals surface area contributed by atoms with Gasteiger partial charge in [-0.25, -0.2) is 0 Å². The largest absolute Gasteiger partial charge is 0.371 e. The predicted octanol–water partition coefficient (Wildman–Crippen LogP) is 3.60. The highest BCUT2D eigenvalue weighted by Crippen LogP contribution is 2.54. The third kappa shape index (κ3) is 3.90. The number of hydrogen-bond donors (Lipinski definition) is 1. The van der Waals surface area contributed by atoms with Gasteiger partial charge in [-0.3, -0.25) is 9.78 Å². The predicted molar refractivity (Wildman–Crippen MR) is 109 cm³/mol. The van der Waals surface area contributed by atoms with Gasteiger partial charge in [0.05, 0.1) is 0 Å². The van der Waals surface area contributed by atoms with E-state index in [0.29, 0.717) is 0 Å². The molecule has 1 aromatic heterocycles. The van der Waals surface area contributed by atoms with Gasteiger partial charge in [-0.1, -0.05) is 24.3 Å². The van der Waals surface area contributed by atoms with Gasteiger partial charge in [-0.05, 0) is 66.9 Å². The molecule has 0 radical (unpaired) electrons. The van der Waals surface area contributed by atoms with E-state index in [1.165, 1.54) is 16.8 Å². The van der Waals surface area contributed by atoms with Gasteiger partial charge in [-0.15, -0.1) is 0 Å². The van der Waals surface area contributed by atoms with Crippen LogP contribution in [-0.2, 0) is 4.79 Å². The van der Waals surface area contributed by atoms with Gasteiger partial charge >= 0.3 is 0 Å². The number of nitrogens with zero attached hydrogens (tertiary/aromatic N) is 2. The van der Waals surface area contributed by atoms with Crippen LogP contribution in [0.2, 0.25) is 0 Å². The van der Waals surface area contributed by atoms with Crippen molar-refractivity contribution in [3.05, 3.63) is 65.5 Å². The second kappa shape index (κ2) is 7.55. The molecule has 1 amide bonds. The van der Waals surface area contributed by atoms with E-state index in [4.69, 9.17) is 0 Å². The number of pyridine rings is 1. The molecular formula is C23H27N3O. The Morgan fingerprint density at radius 1 is 1.19 bits per heavy atom. The van der Waals surface area contributed by atoms with Crippen molar-refractivity contribution < 1.29 is 4.79 Å². The summed E-state index contributed by atoms with van der Waals surface area (Å²) in [6, 6.07) is 10.4. The van der Waals surface area contributed by atoms with Crippen molar-refractivity contribution in [2.45, 2.75) is 20.3 Å². The minimum absolute atomic E-state index is 0.0261. The molecule has 0 unspecified atom stereocenters. The summed E-state index contributed by atoms with van der Waals surface area (Å²) in [5.41, 5.74) is 5.12. The number of nitrogens with one attached hydrogen (secondary N) is 1. The number of carbonyl (C=O) groups is 1. The summed E-state index contributed by atoms with van der Waals surface area (Å²) in [4.78, 5) is 18.6. The molecule has 4 heteroatoms. The minimum atomic E-state index is -0.0261. The normalized spacial score (nSPS) is 23.5. The van der Waals surface area contributed by atoms with Crippen molar-refractivity contribution in [2.24, 2.45) is 17.8 Å². The molecule has 4 rings (SSSR count). The summed E-state index contributed by atoms with van der Waals surface area (Å²) in [5, 5.41) is 3.01. The molecule has 1 aliphatic heterocycles. The van der Waals surface area contributed by atoms with Gasteiger partial charge in [0, 0.05) is 43.8 Å². The number of amides is 1. The molecule has 0 spiro atoms. The number of hydrogen-bond acceptors (Lipinski definition) is 3. The van der Waals surface area contributed by atoms with Crippen LogP contribution in [0.1, 0.15) is 23.1 Å². The molecule has 140 valence electrons. The van der Waals surface area contributed by atoms with Crippen LogP contribution in [0.15, 0.2) is 48.8 Å². The topological polar surface area (TPSA) is 45.2 Å². The Morgan fingerprint density at radius 3 is 2.59 bits per heavy atom. The van der Waals surface area contributed by atoms with E-state index in [1.807, 2.05) is 12.1 Å². The molecule has 1 N–H and O–H groups in total. The summed E-state index contributed by atoms with van der Waals surface area (Å²) in [5.74, 6) is 2.34. The lowest BCUT2D eigenvalue weighted by Gasteiger charge is -2.26. The van der Waals surface area contributed by atoms with Gasteiger partial charge < -0.3 is 10.2 Å². The number of benzene rings is 1. The molecule has 2 heterocycles. The quantitative estimate of drug-likeness (QED) is 0.800. The molecule has 0 bridgehead atoms. The number of anilines is 1. The van der Waals surface area contributed by atoms with Gasteiger partial charge in [-0.2, -0.15) is 0 Å². The van der Waals surface area contributed by atoms with Crippen LogP contribution in [0.3, 0.4) is 0 Å². The van der Waals surface area contributed by atoms with Gasteiger partial charge in [0.25, 0.3) is 0 Å². The summed E-state index contributed by atoms with van der Waals surface area (Å²) >= 11 is 0. The van der Waals surface area contributed by atoms with E-state index in [-0.39, 0.29) is 5.91 Å². The van der Waals surface area contributed by atoms with Crippen molar-refractivity contribution in [3.8, 4) is 0 Å². The van der Waals surface area contributed by atoms with E-state index >= 15 is 0 Å². The van der Waals surface area contributed by atoms with Crippen LogP contribution in [0.4, 0.5) is 5.69 Å². The lowest BCUT2D eigenvalue weighted by Crippen LogP contribution is -2.27. The maximum absolute atomic E-state index is 12.0. The average molecular weight is 361 g/mol. The number of fused-ring (bicyclic) bond motifs is 1. The maximum atomic E-state index is 12.0. The maximum Gasteiger partial charge on any atom is 0.244 e. The molecule has 1 aliphatic carbocycles. The first kappa shape index (κ1) is 17.8. The van der Waals surface area contributed by atoms with Crippen LogP contribution >= 0.6 is 0 Å². The minimum Gasteiger partial charge on any atom is -0.371 e. The lowest BCUT2D eigenvalue weighted by atomic mass is 10.1. The fourth-order valence-electron chi connectivity index (χ4n) is 4.63. The smallest absolute Gasteiger partial charge is 0.244 e. The van der Waals surface area contributed by atoms with Crippen molar-refractivity contribution in [1.29, 1.82) is 0 Å². The van der Waals surface area contributed by atoms with E-state index in [0.717, 1.165) is 49.4 Å². The molecule has 27 heavy (non-hydrogen) atoms. The average Bonchev–Trinajstić information content (AvgIpc) is 3.10. The van der Waals surface area contributed by atoms with Crippen molar-refractivity contribution in [3.63, 3.8) is 0 Å². The first-order chi connectivity index (χ1) is 13.1. The lowest BCUT2D eigenvalue weighted by molar-refractivity contribution is -0.116. The van der Waals surface area contributed by atoms with Gasteiger partial charge in [0.1, 0.15) is 0 Å². The third-order valence-electron chi connectivity index (χ3n) is 6.02. The van der Waals surface area contributed by atoms with Crippen LogP contribution < -0.4 is 10.2 Å². The molecule has 4 nitrogen and oxygen atoms in total. The van der Waals surface area contributed by atoms with Gasteiger partial charge in [0.2, 0.25) is 5.91 Å². The Labute approximate surface area is 161 Å². The van der Waals surface area contributed by atoms with Crippen LogP contribution in [0.5, 0.6) is 0 Å². The second-order valence-electron chi connectivity index (χ2n) is 7.84. The zero-order chi connectivity index (χ0) is 18.8. The van der Waals surface area contributed by atoms with E-state index < -0.39 is 0 Å². The first-order valence-corrected chi connectivity index (χ1v) is 9.80. The Bertz CT molecular complexity index is 814. The fourth-order valence-corrected chi connectivity index (χ4v) is 4.63. The summed E-state index contributed by atoms with van der Waals surface area (Å²) in [7, 11) is 0. The molecule has 1 saturated heterocycles. The molecule has 1 saturated carbocycles. The number of aromatic nitrogens is 1. The third-order valence-corrected chi connectivity index (χ3v) is 6.02. The summed E-state index contributed by atoms with van der Waals surface area (Å²) in [6.45, 7) is 7.50. The highest BCUT2D eigenvalue weighted by Gasteiger charge is 2.55. The number of para-hydroxylation sites is 1. The first-order valence-electron chi connectivity index (χ1n) is 9.80.